The van der Waals surface area contributed by atoms with Gasteiger partial charge in [0.1, 0.15) is 56.6 Å². The third-order valence-electron chi connectivity index (χ3n) is 11.1. The SMILES string of the molecule is C=CCC(CC)C(=O)OCCOCCOC(=O)C(CC=C)CC(=O)CC(=O)CC(CCC[NH+]=C(N)N)C(=O)OCOC(=O)C(CCC[NH+]=C(N)N)CC(=O)CC(C)=O.Cc1ccc(S(=O)(=O)[O-])cc1.Cc1ccc(S(=O)(=O)[O-])cc1. The van der Waals surface area contributed by atoms with Crippen molar-refractivity contribution in [3.05, 3.63) is 85.0 Å². The summed E-state index contributed by atoms with van der Waals surface area (Å²) in [5.41, 5.74) is 23.5. The minimum absolute atomic E-state index is 0.0196. The zero-order valence-corrected chi connectivity index (χ0v) is 47.4. The molecule has 0 aliphatic carbocycles. The first-order valence-electron chi connectivity index (χ1n) is 25.3. The van der Waals surface area contributed by atoms with Gasteiger partial charge >= 0.3 is 35.8 Å². The highest BCUT2D eigenvalue weighted by Crippen LogP contribution is 2.20. The monoisotopic (exact) mass is 1170 g/mol. The molecule has 0 aliphatic heterocycles. The van der Waals surface area contributed by atoms with Gasteiger partial charge in [-0.15, -0.1) is 13.2 Å². The van der Waals surface area contributed by atoms with Crippen molar-refractivity contribution in [2.75, 3.05) is 46.3 Å². The van der Waals surface area contributed by atoms with E-state index in [1.807, 2.05) is 20.8 Å². The van der Waals surface area contributed by atoms with Crippen molar-refractivity contribution in [2.24, 2.45) is 46.6 Å². The van der Waals surface area contributed by atoms with E-state index in [1.165, 1.54) is 37.3 Å². The second-order valence-corrected chi connectivity index (χ2v) is 20.9. The van der Waals surface area contributed by atoms with E-state index >= 15 is 0 Å². The van der Waals surface area contributed by atoms with Gasteiger partial charge in [0, 0.05) is 19.3 Å². The molecule has 0 spiro atoms. The maximum absolute atomic E-state index is 13.1. The summed E-state index contributed by atoms with van der Waals surface area (Å²) in [4.78, 5) is 105. The van der Waals surface area contributed by atoms with Gasteiger partial charge in [-0.1, -0.05) is 54.5 Å². The van der Waals surface area contributed by atoms with E-state index in [1.54, 1.807) is 30.3 Å². The predicted molar refractivity (Wildman–Crippen MR) is 288 cm³/mol. The molecule has 0 amide bonds. The lowest BCUT2D eigenvalue weighted by Crippen LogP contribution is -2.78. The van der Waals surface area contributed by atoms with Crippen molar-refractivity contribution in [3.63, 3.8) is 0 Å². The van der Waals surface area contributed by atoms with Crippen LogP contribution in [0.1, 0.15) is 102 Å². The number of rotatable bonds is 37. The summed E-state index contributed by atoms with van der Waals surface area (Å²) >= 11 is 0. The predicted octanol–water partition coefficient (Wildman–Crippen LogP) is -0.526. The molecule has 27 heteroatoms. The lowest BCUT2D eigenvalue weighted by atomic mass is 9.92. The number of guanidine groups is 2. The number of esters is 4. The van der Waals surface area contributed by atoms with Crippen LogP contribution in [0.4, 0.5) is 0 Å². The van der Waals surface area contributed by atoms with Gasteiger partial charge in [0.05, 0.1) is 72.6 Å². The average molecular weight is 1170 g/mol. The summed E-state index contributed by atoms with van der Waals surface area (Å²) in [6, 6.07) is 11.6. The molecular weight excluding hydrogens is 1090 g/mol. The van der Waals surface area contributed by atoms with E-state index < -0.39 is 92.9 Å². The molecule has 0 aliphatic rings. The maximum atomic E-state index is 13.1. The fourth-order valence-corrected chi connectivity index (χ4v) is 7.87. The molecule has 2 rings (SSSR count). The zero-order valence-electron chi connectivity index (χ0n) is 45.8. The molecule has 0 saturated heterocycles. The van der Waals surface area contributed by atoms with Crippen LogP contribution >= 0.6 is 0 Å². The Kier molecular flexibility index (Phi) is 36.4. The Bertz CT molecular complexity index is 2540. The molecule has 25 nitrogen and oxygen atoms in total. The topological polar surface area (TPSA) is 429 Å². The highest BCUT2D eigenvalue weighted by molar-refractivity contribution is 7.86. The first kappa shape index (κ1) is 72.8. The van der Waals surface area contributed by atoms with Crippen LogP contribution in [0.15, 0.2) is 83.6 Å². The Hall–Kier alpha value is -7.20. The Morgan fingerprint density at radius 3 is 1.25 bits per heavy atom. The summed E-state index contributed by atoms with van der Waals surface area (Å²) < 4.78 is 88.4. The van der Waals surface area contributed by atoms with E-state index in [-0.39, 0.29) is 111 Å². The zero-order chi connectivity index (χ0) is 60.8. The van der Waals surface area contributed by atoms with E-state index in [2.05, 4.69) is 23.1 Å². The maximum Gasteiger partial charge on any atom is 0.338 e. The van der Waals surface area contributed by atoms with E-state index in [0.29, 0.717) is 32.2 Å². The van der Waals surface area contributed by atoms with Gasteiger partial charge in [0.15, 0.2) is 0 Å². The normalized spacial score (nSPS) is 12.3. The summed E-state index contributed by atoms with van der Waals surface area (Å²) in [6.07, 6.45) is 3.38. The largest absolute Gasteiger partial charge is 0.744 e. The molecule has 0 heterocycles. The molecule has 80 heavy (non-hydrogen) atoms. The molecule has 0 aromatic heterocycles. The lowest BCUT2D eigenvalue weighted by molar-refractivity contribution is -0.460. The smallest absolute Gasteiger partial charge is 0.338 e. The van der Waals surface area contributed by atoms with Crippen molar-refractivity contribution in [3.8, 4) is 0 Å². The van der Waals surface area contributed by atoms with Crippen molar-refractivity contribution in [1.82, 2.24) is 0 Å². The number of Topliss-reactive ketones (excluding diaryl/α,β-unsaturated/α-hetero) is 4. The van der Waals surface area contributed by atoms with Crippen LogP contribution in [0, 0.1) is 37.5 Å². The number of ketones is 4. The summed E-state index contributed by atoms with van der Waals surface area (Å²) in [5, 5.41) is 0. The average Bonchev–Trinajstić information content (AvgIpc) is 3.36. The van der Waals surface area contributed by atoms with Gasteiger partial charge in [0.25, 0.3) is 0 Å². The highest BCUT2D eigenvalue weighted by Gasteiger charge is 2.29. The van der Waals surface area contributed by atoms with Crippen LogP contribution in [0.25, 0.3) is 0 Å². The molecule has 446 valence electrons. The minimum Gasteiger partial charge on any atom is -0.744 e. The molecule has 2 aromatic rings. The van der Waals surface area contributed by atoms with Crippen LogP contribution in [0.3, 0.4) is 0 Å². The first-order chi connectivity index (χ1) is 37.5. The van der Waals surface area contributed by atoms with Gasteiger partial charge in [-0.05, 0) is 90.0 Å². The second-order valence-electron chi connectivity index (χ2n) is 18.1. The van der Waals surface area contributed by atoms with Crippen molar-refractivity contribution < 1.29 is 98.0 Å². The summed E-state index contributed by atoms with van der Waals surface area (Å²) in [7, 11) is -8.54. The number of ether oxygens (including phenoxy) is 5. The Morgan fingerprint density at radius 2 is 0.900 bits per heavy atom. The first-order valence-corrected chi connectivity index (χ1v) is 28.1. The van der Waals surface area contributed by atoms with Crippen molar-refractivity contribution in [1.29, 1.82) is 0 Å². The van der Waals surface area contributed by atoms with Gasteiger partial charge in [-0.2, -0.15) is 0 Å². The molecule has 2 aromatic carbocycles. The summed E-state index contributed by atoms with van der Waals surface area (Å²) in [5.74, 6) is -7.97. The second kappa shape index (κ2) is 40.0. The third-order valence-corrected chi connectivity index (χ3v) is 12.8. The van der Waals surface area contributed by atoms with Crippen molar-refractivity contribution >= 4 is 79.2 Å². The molecule has 4 atom stereocenters. The Labute approximate surface area is 467 Å². The Balaban J connectivity index is 0.00000230. The molecule has 0 bridgehead atoms. The number of aryl methyl sites for hydroxylation is 2. The van der Waals surface area contributed by atoms with Gasteiger partial charge in [0.2, 0.25) is 6.79 Å². The molecule has 0 radical (unpaired) electrons. The molecule has 0 saturated carbocycles. The van der Waals surface area contributed by atoms with E-state index in [9.17, 15) is 64.3 Å². The number of allylic oxidation sites excluding steroid dienone is 2. The third kappa shape index (κ3) is 35.3. The number of carbonyl (C=O) groups excluding carboxylic acids is 8. The fourth-order valence-electron chi connectivity index (χ4n) is 6.93. The van der Waals surface area contributed by atoms with Gasteiger partial charge in [-0.25, -0.2) is 16.8 Å². The molecule has 0 fully saturated rings. The van der Waals surface area contributed by atoms with Gasteiger partial charge < -0.3 is 32.8 Å². The lowest BCUT2D eigenvalue weighted by Gasteiger charge is -2.17. The van der Waals surface area contributed by atoms with Crippen LogP contribution in [-0.2, 0) is 82.3 Å². The summed E-state index contributed by atoms with van der Waals surface area (Å²) in [6.45, 7) is 13.8. The minimum atomic E-state index is -4.27. The highest BCUT2D eigenvalue weighted by atomic mass is 32.2. The van der Waals surface area contributed by atoms with E-state index in [4.69, 9.17) is 46.6 Å². The van der Waals surface area contributed by atoms with Crippen LogP contribution in [0.5, 0.6) is 0 Å². The van der Waals surface area contributed by atoms with Gasteiger partial charge in [-0.3, -0.25) is 71.3 Å². The number of hydrogen-bond donors (Lipinski definition) is 6. The number of hydrogen-bond acceptors (Lipinski definition) is 19. The van der Waals surface area contributed by atoms with Crippen LogP contribution in [0.2, 0.25) is 0 Å². The van der Waals surface area contributed by atoms with Crippen LogP contribution in [-0.4, -0.2) is 131 Å². The van der Waals surface area contributed by atoms with Crippen LogP contribution < -0.4 is 32.9 Å². The quantitative estimate of drug-likeness (QED) is 0.00570. The molecule has 10 N–H and O–H groups in total. The van der Waals surface area contributed by atoms with E-state index in [0.717, 1.165) is 11.1 Å². The number of benzene rings is 2. The van der Waals surface area contributed by atoms with Crippen molar-refractivity contribution in [2.45, 2.75) is 115 Å². The molecular formula is C53H78N6O19S2. The molecule has 4 unspecified atom stereocenters. The number of nitrogens with one attached hydrogen (secondary N) is 2. The fraction of sp³-hybridized carbons (Fsp3) is 0.509. The standard InChI is InChI=1S/C39H62N6O13.2C7H8O3S/c1-5-10-27(7-3)34(50)55-18-16-54-17-19-56-35(51)28(11-6-2)21-32(48)24-33(49)23-30(13-9-15-45-39(42)43)37(53)58-25-57-36(52)29(12-8-14-44-38(40)41)22-31(47)20-26(4)46;2*1-6-2-4-7(5-3-6)11(8,9)10/h5-6,27-30H,1-2,7-25H2,3-4H3,(H4,40,41,44)(H4,42,43,45);2*2-5H,1H3,(H,8,9,10). The Morgan fingerprint density at radius 1 is 0.550 bits per heavy atom. The number of nitrogens with two attached hydrogens (primary N) is 4. The number of carbonyl (C=O) groups is 8.